The average Bonchev–Trinajstić information content (AvgIpc) is 2.82. The molecule has 2 nitrogen and oxygen atoms in total. The Morgan fingerprint density at radius 1 is 1.32 bits per heavy atom. The van der Waals surface area contributed by atoms with Crippen molar-refractivity contribution in [1.82, 2.24) is 4.90 Å². The van der Waals surface area contributed by atoms with Crippen molar-refractivity contribution >= 4 is 21.8 Å². The molecule has 2 unspecified atom stereocenters. The maximum atomic E-state index is 13.4. The van der Waals surface area contributed by atoms with Crippen LogP contribution >= 0.6 is 15.9 Å². The van der Waals surface area contributed by atoms with Crippen molar-refractivity contribution in [3.8, 4) is 0 Å². The smallest absolute Gasteiger partial charge is 0.248 e. The summed E-state index contributed by atoms with van der Waals surface area (Å²) in [7, 11) is 0. The highest BCUT2D eigenvalue weighted by Crippen LogP contribution is 2.38. The first-order valence-corrected chi connectivity index (χ1v) is 8.40. The molecule has 110 valence electrons. The molecule has 1 saturated carbocycles. The van der Waals surface area contributed by atoms with Crippen LogP contribution in [0.1, 0.15) is 51.4 Å². The maximum absolute atomic E-state index is 13.4. The first-order valence-electron chi connectivity index (χ1n) is 7.28. The van der Waals surface area contributed by atoms with E-state index in [4.69, 9.17) is 0 Å². The lowest BCUT2D eigenvalue weighted by Crippen LogP contribution is -2.42. The molecule has 0 spiro atoms. The summed E-state index contributed by atoms with van der Waals surface area (Å²) in [6.07, 6.45) is 4.88. The van der Waals surface area contributed by atoms with Crippen LogP contribution < -0.4 is 0 Å². The maximum Gasteiger partial charge on any atom is 0.248 e. The van der Waals surface area contributed by atoms with Crippen LogP contribution in [-0.2, 0) is 4.79 Å². The van der Waals surface area contributed by atoms with E-state index in [2.05, 4.69) is 15.9 Å². The van der Waals surface area contributed by atoms with Crippen molar-refractivity contribution < 1.29 is 13.6 Å². The summed E-state index contributed by atoms with van der Waals surface area (Å²) < 4.78 is 26.8. The summed E-state index contributed by atoms with van der Waals surface area (Å²) in [5.41, 5.74) is 0. The minimum atomic E-state index is -2.64. The molecule has 1 aliphatic heterocycles. The van der Waals surface area contributed by atoms with Crippen molar-refractivity contribution in [1.29, 1.82) is 0 Å². The van der Waals surface area contributed by atoms with Gasteiger partial charge in [0.1, 0.15) is 0 Å². The highest BCUT2D eigenvalue weighted by molar-refractivity contribution is 9.09. The van der Waals surface area contributed by atoms with E-state index in [1.54, 1.807) is 0 Å². The fraction of sp³-hybridized carbons (Fsp3) is 0.929. The number of halogens is 3. The fourth-order valence-electron chi connectivity index (χ4n) is 3.36. The predicted octanol–water partition coefficient (Wildman–Crippen LogP) is 3.98. The van der Waals surface area contributed by atoms with Gasteiger partial charge in [-0.3, -0.25) is 4.79 Å². The summed E-state index contributed by atoms with van der Waals surface area (Å²) in [4.78, 5) is 14.3. The molecule has 2 fully saturated rings. The summed E-state index contributed by atoms with van der Waals surface area (Å²) in [6.45, 7) is 0.758. The molecule has 0 aromatic rings. The number of hydrogen-bond donors (Lipinski definition) is 0. The van der Waals surface area contributed by atoms with Gasteiger partial charge in [-0.05, 0) is 38.5 Å². The molecule has 19 heavy (non-hydrogen) atoms. The summed E-state index contributed by atoms with van der Waals surface area (Å²) >= 11 is 3.40. The quantitative estimate of drug-likeness (QED) is 0.710. The number of likely N-dealkylation sites (tertiary alicyclic amines) is 1. The number of rotatable bonds is 4. The SMILES string of the molecule is O=C(C1CCCC(F)(F)C1)N1CCCC1CCCBr. The molecule has 5 heteroatoms. The van der Waals surface area contributed by atoms with Gasteiger partial charge in [-0.1, -0.05) is 15.9 Å². The Hall–Kier alpha value is -0.190. The van der Waals surface area contributed by atoms with Crippen LogP contribution in [0.3, 0.4) is 0 Å². The van der Waals surface area contributed by atoms with E-state index in [9.17, 15) is 13.6 Å². The molecule has 1 amide bonds. The van der Waals surface area contributed by atoms with Gasteiger partial charge in [0, 0.05) is 36.7 Å². The van der Waals surface area contributed by atoms with Crippen LogP contribution in [0.15, 0.2) is 0 Å². The molecule has 1 saturated heterocycles. The molecular weight excluding hydrogens is 316 g/mol. The standard InChI is InChI=1S/C14H22BrF2NO/c15-8-2-5-12-6-3-9-18(12)13(19)11-4-1-7-14(16,17)10-11/h11-12H,1-10H2. The van der Waals surface area contributed by atoms with Crippen molar-refractivity contribution in [3.63, 3.8) is 0 Å². The molecule has 0 bridgehead atoms. The molecule has 0 aromatic carbocycles. The fourth-order valence-corrected chi connectivity index (χ4v) is 3.68. The number of hydrogen-bond acceptors (Lipinski definition) is 1. The molecule has 1 aliphatic carbocycles. The van der Waals surface area contributed by atoms with Crippen LogP contribution in [-0.4, -0.2) is 34.6 Å². The second-order valence-electron chi connectivity index (χ2n) is 5.81. The van der Waals surface area contributed by atoms with Gasteiger partial charge < -0.3 is 4.90 Å². The van der Waals surface area contributed by atoms with E-state index in [0.29, 0.717) is 12.8 Å². The normalized spacial score (nSPS) is 30.6. The zero-order valence-corrected chi connectivity index (χ0v) is 12.8. The molecular formula is C14H22BrF2NO. The van der Waals surface area contributed by atoms with Crippen LogP contribution in [0.5, 0.6) is 0 Å². The van der Waals surface area contributed by atoms with Gasteiger partial charge in [0.25, 0.3) is 0 Å². The second-order valence-corrected chi connectivity index (χ2v) is 6.60. The molecule has 1 heterocycles. The van der Waals surface area contributed by atoms with E-state index in [1.807, 2.05) is 4.90 Å². The van der Waals surface area contributed by atoms with E-state index >= 15 is 0 Å². The minimum absolute atomic E-state index is 0.0172. The Labute approximate surface area is 122 Å². The van der Waals surface area contributed by atoms with Gasteiger partial charge in [-0.2, -0.15) is 0 Å². The van der Waals surface area contributed by atoms with E-state index in [0.717, 1.165) is 37.6 Å². The second kappa shape index (κ2) is 6.51. The zero-order valence-electron chi connectivity index (χ0n) is 11.2. The molecule has 2 aliphatic rings. The van der Waals surface area contributed by atoms with Crippen LogP contribution in [0, 0.1) is 5.92 Å². The molecule has 0 radical (unpaired) electrons. The van der Waals surface area contributed by atoms with E-state index < -0.39 is 11.8 Å². The van der Waals surface area contributed by atoms with Gasteiger partial charge in [-0.25, -0.2) is 8.78 Å². The lowest BCUT2D eigenvalue weighted by atomic mass is 9.85. The van der Waals surface area contributed by atoms with Crippen LogP contribution in [0.2, 0.25) is 0 Å². The van der Waals surface area contributed by atoms with Gasteiger partial charge in [0.15, 0.2) is 0 Å². The van der Waals surface area contributed by atoms with Gasteiger partial charge in [-0.15, -0.1) is 0 Å². The zero-order chi connectivity index (χ0) is 13.9. The average molecular weight is 338 g/mol. The third-order valence-corrected chi connectivity index (χ3v) is 4.88. The lowest BCUT2D eigenvalue weighted by Gasteiger charge is -2.33. The summed E-state index contributed by atoms with van der Waals surface area (Å²) in [6, 6.07) is 0.278. The van der Waals surface area contributed by atoms with Gasteiger partial charge in [0.2, 0.25) is 11.8 Å². The van der Waals surface area contributed by atoms with E-state index in [-0.39, 0.29) is 24.8 Å². The Kier molecular flexibility index (Phi) is 5.21. The topological polar surface area (TPSA) is 20.3 Å². The Balaban J connectivity index is 1.94. The number of nitrogens with zero attached hydrogens (tertiary/aromatic N) is 1. The lowest BCUT2D eigenvalue weighted by molar-refractivity contribution is -0.143. The van der Waals surface area contributed by atoms with E-state index in [1.165, 1.54) is 0 Å². The van der Waals surface area contributed by atoms with Crippen molar-refractivity contribution in [2.75, 3.05) is 11.9 Å². The summed E-state index contributed by atoms with van der Waals surface area (Å²) in [5, 5.41) is 0.938. The first kappa shape index (κ1) is 15.2. The van der Waals surface area contributed by atoms with Crippen LogP contribution in [0.25, 0.3) is 0 Å². The van der Waals surface area contributed by atoms with Crippen molar-refractivity contribution in [2.45, 2.75) is 63.3 Å². The third-order valence-electron chi connectivity index (χ3n) is 4.32. The molecule has 2 atom stereocenters. The Morgan fingerprint density at radius 3 is 2.79 bits per heavy atom. The van der Waals surface area contributed by atoms with Crippen LogP contribution in [0.4, 0.5) is 8.78 Å². The predicted molar refractivity (Wildman–Crippen MR) is 74.7 cm³/mol. The molecule has 2 rings (SSSR count). The number of amides is 1. The molecule has 0 aromatic heterocycles. The number of alkyl halides is 3. The van der Waals surface area contributed by atoms with Gasteiger partial charge >= 0.3 is 0 Å². The first-order chi connectivity index (χ1) is 9.03. The third kappa shape index (κ3) is 3.89. The number of carbonyl (C=O) groups is 1. The highest BCUT2D eigenvalue weighted by Gasteiger charge is 2.42. The van der Waals surface area contributed by atoms with Gasteiger partial charge in [0.05, 0.1) is 0 Å². The Bertz CT molecular complexity index is 325. The largest absolute Gasteiger partial charge is 0.339 e. The van der Waals surface area contributed by atoms with Crippen molar-refractivity contribution in [3.05, 3.63) is 0 Å². The number of carbonyl (C=O) groups excluding carboxylic acids is 1. The highest BCUT2D eigenvalue weighted by atomic mass is 79.9. The minimum Gasteiger partial charge on any atom is -0.339 e. The summed E-state index contributed by atoms with van der Waals surface area (Å²) in [5.74, 6) is -3.10. The Morgan fingerprint density at radius 2 is 2.11 bits per heavy atom. The van der Waals surface area contributed by atoms with Crippen molar-refractivity contribution in [2.24, 2.45) is 5.92 Å². The monoisotopic (exact) mass is 337 g/mol. The molecule has 0 N–H and O–H groups in total.